The largest absolute Gasteiger partial charge is 0.478 e. The number of nitrogens with one attached hydrogen (secondary N) is 1. The van der Waals surface area contributed by atoms with Gasteiger partial charge in [0.1, 0.15) is 5.75 Å². The molecule has 1 aromatic carbocycles. The number of carbonyl (C=O) groups is 1. The maximum Gasteiger partial charge on any atom is 0.337 e. The summed E-state index contributed by atoms with van der Waals surface area (Å²) in [6, 6.07) is 7.47. The van der Waals surface area contributed by atoms with Gasteiger partial charge in [0, 0.05) is 40.5 Å². The highest BCUT2D eigenvalue weighted by Crippen LogP contribution is 2.37. The van der Waals surface area contributed by atoms with Crippen molar-refractivity contribution in [1.29, 1.82) is 0 Å². The number of benzene rings is 1. The Morgan fingerprint density at radius 2 is 2.14 bits per heavy atom. The highest BCUT2D eigenvalue weighted by atomic mass is 35.5. The number of aromatic amines is 1. The molecule has 0 radical (unpaired) electrons. The van der Waals surface area contributed by atoms with E-state index in [1.54, 1.807) is 18.4 Å². The van der Waals surface area contributed by atoms with Crippen molar-refractivity contribution in [2.45, 2.75) is 0 Å². The number of nitrogens with zero attached hydrogens (tertiary/aromatic N) is 1. The average molecular weight is 315 g/mol. The molecule has 0 aliphatic carbocycles. The minimum Gasteiger partial charge on any atom is -0.478 e. The standard InChI is InChI=1S/C16H10N2O3.ClH/c19-16(20)11-5-10-2-4-21-14-7-13-9(1-3-17-13)6-12(14)15(10)18-8-11;/h1-8,17H,(H,19,20);1H. The zero-order valence-electron chi connectivity index (χ0n) is 11.2. The SMILES string of the molecule is Cl.O=C(O)c1cnc2c(c1)C=COc1cc3[nH]ccc3cc1-2. The van der Waals surface area contributed by atoms with Crippen molar-refractivity contribution in [2.75, 3.05) is 0 Å². The number of aromatic nitrogens is 2. The Hall–Kier alpha value is -2.79. The van der Waals surface area contributed by atoms with Crippen LogP contribution in [0.3, 0.4) is 0 Å². The van der Waals surface area contributed by atoms with E-state index in [0.29, 0.717) is 11.4 Å². The molecule has 0 bridgehead atoms. The Balaban J connectivity index is 0.00000144. The fourth-order valence-corrected chi connectivity index (χ4v) is 2.49. The normalized spacial score (nSPS) is 11.8. The van der Waals surface area contributed by atoms with E-state index in [4.69, 9.17) is 9.84 Å². The van der Waals surface area contributed by atoms with Gasteiger partial charge in [0.25, 0.3) is 0 Å². The van der Waals surface area contributed by atoms with Gasteiger partial charge in [-0.3, -0.25) is 4.98 Å². The van der Waals surface area contributed by atoms with Crippen molar-refractivity contribution < 1.29 is 14.6 Å². The summed E-state index contributed by atoms with van der Waals surface area (Å²) in [6.45, 7) is 0. The highest BCUT2D eigenvalue weighted by molar-refractivity contribution is 5.93. The molecule has 0 atom stereocenters. The lowest BCUT2D eigenvalue weighted by molar-refractivity contribution is 0.0696. The molecule has 3 aromatic rings. The predicted molar refractivity (Wildman–Crippen MR) is 85.4 cm³/mol. The lowest BCUT2D eigenvalue weighted by Gasteiger charge is -2.08. The van der Waals surface area contributed by atoms with Crippen molar-refractivity contribution in [3.8, 4) is 17.0 Å². The number of carboxylic acids is 1. The summed E-state index contributed by atoms with van der Waals surface area (Å²) in [7, 11) is 0. The van der Waals surface area contributed by atoms with Gasteiger partial charge < -0.3 is 14.8 Å². The molecule has 0 unspecified atom stereocenters. The summed E-state index contributed by atoms with van der Waals surface area (Å²) < 4.78 is 5.62. The van der Waals surface area contributed by atoms with E-state index in [0.717, 1.165) is 22.0 Å². The highest BCUT2D eigenvalue weighted by Gasteiger charge is 2.17. The third kappa shape index (κ3) is 2.12. The predicted octanol–water partition coefficient (Wildman–Crippen LogP) is 3.71. The molecule has 1 aliphatic rings. The van der Waals surface area contributed by atoms with E-state index in [1.807, 2.05) is 24.4 Å². The second-order valence-electron chi connectivity index (χ2n) is 4.80. The third-order valence-electron chi connectivity index (χ3n) is 3.52. The van der Waals surface area contributed by atoms with E-state index in [9.17, 15) is 4.79 Å². The summed E-state index contributed by atoms with van der Waals surface area (Å²) in [6.07, 6.45) is 6.50. The van der Waals surface area contributed by atoms with Crippen molar-refractivity contribution in [3.63, 3.8) is 0 Å². The van der Waals surface area contributed by atoms with Gasteiger partial charge in [-0.15, -0.1) is 12.4 Å². The van der Waals surface area contributed by atoms with Crippen LogP contribution in [0.15, 0.2) is 42.9 Å². The molecule has 2 N–H and O–H groups in total. The first-order valence-electron chi connectivity index (χ1n) is 6.40. The van der Waals surface area contributed by atoms with Crippen LogP contribution in [0, 0.1) is 0 Å². The molecular weight excluding hydrogens is 304 g/mol. The summed E-state index contributed by atoms with van der Waals surface area (Å²) in [5.41, 5.74) is 3.42. The van der Waals surface area contributed by atoms with Gasteiger partial charge in [-0.1, -0.05) is 0 Å². The molecule has 2 aromatic heterocycles. The minimum absolute atomic E-state index is 0. The van der Waals surface area contributed by atoms with Gasteiger partial charge in [0.2, 0.25) is 0 Å². The quantitative estimate of drug-likeness (QED) is 0.718. The lowest BCUT2D eigenvalue weighted by Crippen LogP contribution is -1.99. The Morgan fingerprint density at radius 3 is 2.95 bits per heavy atom. The van der Waals surface area contributed by atoms with E-state index < -0.39 is 5.97 Å². The smallest absolute Gasteiger partial charge is 0.337 e. The number of ether oxygens (including phenoxy) is 1. The molecular formula is C16H11ClN2O3. The Bertz CT molecular complexity index is 915. The van der Waals surface area contributed by atoms with Crippen LogP contribution in [0.2, 0.25) is 0 Å². The van der Waals surface area contributed by atoms with Crippen LogP contribution < -0.4 is 4.74 Å². The molecule has 22 heavy (non-hydrogen) atoms. The van der Waals surface area contributed by atoms with E-state index in [2.05, 4.69) is 9.97 Å². The first kappa shape index (κ1) is 14.2. The zero-order valence-corrected chi connectivity index (χ0v) is 12.1. The molecule has 1 aliphatic heterocycles. The first-order valence-corrected chi connectivity index (χ1v) is 6.40. The maximum absolute atomic E-state index is 11.1. The molecule has 0 amide bonds. The first-order chi connectivity index (χ1) is 10.2. The Labute approximate surface area is 131 Å². The fourth-order valence-electron chi connectivity index (χ4n) is 2.49. The molecule has 4 rings (SSSR count). The van der Waals surface area contributed by atoms with Crippen LogP contribution >= 0.6 is 12.4 Å². The molecule has 0 saturated carbocycles. The van der Waals surface area contributed by atoms with Crippen LogP contribution in [0.4, 0.5) is 0 Å². The second kappa shape index (κ2) is 5.20. The van der Waals surface area contributed by atoms with E-state index >= 15 is 0 Å². The Morgan fingerprint density at radius 1 is 1.27 bits per heavy atom. The third-order valence-corrected chi connectivity index (χ3v) is 3.52. The monoisotopic (exact) mass is 314 g/mol. The fraction of sp³-hybridized carbons (Fsp3) is 0. The average Bonchev–Trinajstić information content (AvgIpc) is 2.85. The van der Waals surface area contributed by atoms with E-state index in [1.165, 1.54) is 6.20 Å². The maximum atomic E-state index is 11.1. The van der Waals surface area contributed by atoms with Crippen LogP contribution in [0.1, 0.15) is 15.9 Å². The number of halogens is 1. The van der Waals surface area contributed by atoms with Gasteiger partial charge in [-0.05, 0) is 24.3 Å². The minimum atomic E-state index is -0.995. The zero-order chi connectivity index (χ0) is 14.4. The summed E-state index contributed by atoms with van der Waals surface area (Å²) in [5, 5.41) is 10.1. The van der Waals surface area contributed by atoms with Crippen LogP contribution in [-0.4, -0.2) is 21.0 Å². The molecule has 3 heterocycles. The number of aromatic carboxylic acids is 1. The van der Waals surface area contributed by atoms with Crippen molar-refractivity contribution in [3.05, 3.63) is 54.0 Å². The summed E-state index contributed by atoms with van der Waals surface area (Å²) >= 11 is 0. The van der Waals surface area contributed by atoms with Crippen molar-refractivity contribution in [2.24, 2.45) is 0 Å². The number of hydrogen-bond donors (Lipinski definition) is 2. The summed E-state index contributed by atoms with van der Waals surface area (Å²) in [4.78, 5) is 18.5. The number of H-pyrrole nitrogens is 1. The second-order valence-corrected chi connectivity index (χ2v) is 4.80. The number of fused-ring (bicyclic) bond motifs is 4. The van der Waals surface area contributed by atoms with Gasteiger partial charge in [-0.25, -0.2) is 4.79 Å². The van der Waals surface area contributed by atoms with Crippen LogP contribution in [-0.2, 0) is 0 Å². The Kier molecular flexibility index (Phi) is 3.35. The molecule has 0 fully saturated rings. The molecule has 110 valence electrons. The van der Waals surface area contributed by atoms with Gasteiger partial charge in [0.05, 0.1) is 17.5 Å². The number of pyridine rings is 1. The number of rotatable bonds is 1. The van der Waals surface area contributed by atoms with Crippen molar-refractivity contribution in [1.82, 2.24) is 9.97 Å². The van der Waals surface area contributed by atoms with Gasteiger partial charge >= 0.3 is 5.97 Å². The molecule has 0 saturated heterocycles. The van der Waals surface area contributed by atoms with Crippen LogP contribution in [0.25, 0.3) is 28.2 Å². The van der Waals surface area contributed by atoms with Crippen LogP contribution in [0.5, 0.6) is 5.75 Å². The van der Waals surface area contributed by atoms with E-state index in [-0.39, 0.29) is 18.0 Å². The number of carboxylic acid groups (broad SMARTS) is 1. The summed E-state index contributed by atoms with van der Waals surface area (Å²) in [5.74, 6) is -0.305. The topological polar surface area (TPSA) is 75.2 Å². The lowest BCUT2D eigenvalue weighted by atomic mass is 10.0. The van der Waals surface area contributed by atoms with Crippen molar-refractivity contribution >= 4 is 35.4 Å². The van der Waals surface area contributed by atoms with Gasteiger partial charge in [0.15, 0.2) is 0 Å². The molecule has 6 heteroatoms. The molecule has 0 spiro atoms. The molecule has 5 nitrogen and oxygen atoms in total. The number of hydrogen-bond acceptors (Lipinski definition) is 3. The van der Waals surface area contributed by atoms with Gasteiger partial charge in [-0.2, -0.15) is 0 Å².